The van der Waals surface area contributed by atoms with Gasteiger partial charge in [-0.05, 0) is 36.6 Å². The number of hydrogen-bond acceptors (Lipinski definition) is 2. The fourth-order valence-corrected chi connectivity index (χ4v) is 2.97. The molecule has 1 unspecified atom stereocenters. The van der Waals surface area contributed by atoms with Gasteiger partial charge in [0.15, 0.2) is 0 Å². The third-order valence-electron chi connectivity index (χ3n) is 4.16. The summed E-state index contributed by atoms with van der Waals surface area (Å²) in [6.07, 6.45) is 0.837. The lowest BCUT2D eigenvalue weighted by atomic mass is 10.1. The van der Waals surface area contributed by atoms with Crippen LogP contribution in [0.25, 0.3) is 0 Å². The molecule has 120 valence electrons. The topological polar surface area (TPSA) is 52.6 Å². The molecule has 1 atom stereocenters. The number of amides is 2. The molecule has 2 aromatic carbocycles. The highest BCUT2D eigenvalue weighted by Crippen LogP contribution is 2.31. The monoisotopic (exact) mass is 314 g/mol. The Morgan fingerprint density at radius 1 is 1.35 bits per heavy atom. The smallest absolute Gasteiger partial charge is 0.322 e. The molecule has 3 rings (SSSR count). The van der Waals surface area contributed by atoms with Crippen LogP contribution in [0, 0.1) is 5.82 Å². The number of anilines is 1. The molecule has 0 fully saturated rings. The summed E-state index contributed by atoms with van der Waals surface area (Å²) in [6.45, 7) is 1.92. The number of carbonyl (C=O) groups is 1. The SMILES string of the molecule is CC1Cc2ccccc2N1C(=O)NCc1ccc(CO)c(F)c1. The lowest BCUT2D eigenvalue weighted by Crippen LogP contribution is -2.42. The molecule has 0 saturated heterocycles. The fraction of sp³-hybridized carbons (Fsp3) is 0.278. The molecule has 2 N–H and O–H groups in total. The summed E-state index contributed by atoms with van der Waals surface area (Å²) in [5, 5.41) is 11.8. The molecule has 0 bridgehead atoms. The average molecular weight is 314 g/mol. The van der Waals surface area contributed by atoms with Gasteiger partial charge in [0.1, 0.15) is 5.82 Å². The molecule has 0 radical (unpaired) electrons. The maximum atomic E-state index is 13.7. The highest BCUT2D eigenvalue weighted by molar-refractivity contribution is 5.94. The highest BCUT2D eigenvalue weighted by Gasteiger charge is 2.30. The Labute approximate surface area is 134 Å². The maximum absolute atomic E-state index is 13.7. The first-order chi connectivity index (χ1) is 11.1. The Balaban J connectivity index is 1.69. The van der Waals surface area contributed by atoms with E-state index >= 15 is 0 Å². The minimum Gasteiger partial charge on any atom is -0.392 e. The normalized spacial score (nSPS) is 16.3. The standard InChI is InChI=1S/C18H19FN2O2/c1-12-8-14-4-2-3-5-17(14)21(12)18(23)20-10-13-6-7-15(11-22)16(19)9-13/h2-7,9,12,22H,8,10-11H2,1H3,(H,20,23). The lowest BCUT2D eigenvalue weighted by Gasteiger charge is -2.23. The number of halogens is 1. The number of nitrogens with one attached hydrogen (secondary N) is 1. The second-order valence-electron chi connectivity index (χ2n) is 5.79. The van der Waals surface area contributed by atoms with Crippen molar-refractivity contribution in [3.05, 3.63) is 65.0 Å². The van der Waals surface area contributed by atoms with Crippen LogP contribution in [0.1, 0.15) is 23.6 Å². The van der Waals surface area contributed by atoms with Crippen LogP contribution in [-0.2, 0) is 19.6 Å². The van der Waals surface area contributed by atoms with Gasteiger partial charge in [-0.25, -0.2) is 9.18 Å². The minimum atomic E-state index is -0.459. The summed E-state index contributed by atoms with van der Waals surface area (Å²) in [4.78, 5) is 14.2. The van der Waals surface area contributed by atoms with E-state index in [4.69, 9.17) is 5.11 Å². The number of aliphatic hydroxyl groups excluding tert-OH is 1. The van der Waals surface area contributed by atoms with Gasteiger partial charge >= 0.3 is 6.03 Å². The number of para-hydroxylation sites is 1. The molecule has 1 heterocycles. The molecule has 0 spiro atoms. The van der Waals surface area contributed by atoms with Crippen LogP contribution >= 0.6 is 0 Å². The van der Waals surface area contributed by atoms with E-state index in [-0.39, 0.29) is 30.8 Å². The van der Waals surface area contributed by atoms with Crippen molar-refractivity contribution < 1.29 is 14.3 Å². The number of aliphatic hydroxyl groups is 1. The van der Waals surface area contributed by atoms with Gasteiger partial charge in [0.2, 0.25) is 0 Å². The van der Waals surface area contributed by atoms with Crippen LogP contribution in [0.4, 0.5) is 14.9 Å². The van der Waals surface area contributed by atoms with E-state index < -0.39 is 5.82 Å². The molecule has 5 heteroatoms. The van der Waals surface area contributed by atoms with Crippen LogP contribution in [0.3, 0.4) is 0 Å². The number of benzene rings is 2. The third-order valence-corrected chi connectivity index (χ3v) is 4.16. The molecule has 2 amide bonds. The Morgan fingerprint density at radius 3 is 2.87 bits per heavy atom. The van der Waals surface area contributed by atoms with E-state index in [9.17, 15) is 9.18 Å². The van der Waals surface area contributed by atoms with Crippen molar-refractivity contribution in [3.8, 4) is 0 Å². The Morgan fingerprint density at radius 2 is 2.13 bits per heavy atom. The fourth-order valence-electron chi connectivity index (χ4n) is 2.97. The zero-order valence-electron chi connectivity index (χ0n) is 12.9. The molecule has 4 nitrogen and oxygen atoms in total. The molecule has 0 saturated carbocycles. The lowest BCUT2D eigenvalue weighted by molar-refractivity contribution is 0.244. The maximum Gasteiger partial charge on any atom is 0.322 e. The number of hydrogen-bond donors (Lipinski definition) is 2. The summed E-state index contributed by atoms with van der Waals surface area (Å²) in [5.41, 5.74) is 3.00. The summed E-state index contributed by atoms with van der Waals surface area (Å²) < 4.78 is 13.7. The molecular weight excluding hydrogens is 295 g/mol. The predicted molar refractivity (Wildman–Crippen MR) is 86.6 cm³/mol. The highest BCUT2D eigenvalue weighted by atomic mass is 19.1. The number of fused-ring (bicyclic) bond motifs is 1. The van der Waals surface area contributed by atoms with Crippen LogP contribution in [0.5, 0.6) is 0 Å². The van der Waals surface area contributed by atoms with Crippen LogP contribution < -0.4 is 10.2 Å². The molecule has 2 aromatic rings. The van der Waals surface area contributed by atoms with Crippen molar-refractivity contribution in [2.24, 2.45) is 0 Å². The Hall–Kier alpha value is -2.40. The van der Waals surface area contributed by atoms with E-state index in [0.717, 1.165) is 17.7 Å². The quantitative estimate of drug-likeness (QED) is 0.915. The molecule has 0 aliphatic carbocycles. The van der Waals surface area contributed by atoms with Crippen molar-refractivity contribution in [1.29, 1.82) is 0 Å². The van der Waals surface area contributed by atoms with E-state index in [0.29, 0.717) is 5.56 Å². The van der Waals surface area contributed by atoms with Crippen molar-refractivity contribution in [3.63, 3.8) is 0 Å². The first kappa shape index (κ1) is 15.5. The van der Waals surface area contributed by atoms with E-state index in [2.05, 4.69) is 5.32 Å². The molecule has 23 heavy (non-hydrogen) atoms. The first-order valence-electron chi connectivity index (χ1n) is 7.63. The molecular formula is C18H19FN2O2. The van der Waals surface area contributed by atoms with Gasteiger partial charge in [-0.2, -0.15) is 0 Å². The summed E-state index contributed by atoms with van der Waals surface area (Å²) in [7, 11) is 0. The van der Waals surface area contributed by atoms with Gasteiger partial charge in [0.25, 0.3) is 0 Å². The summed E-state index contributed by atoms with van der Waals surface area (Å²) in [5.74, 6) is -0.459. The largest absolute Gasteiger partial charge is 0.392 e. The number of rotatable bonds is 3. The van der Waals surface area contributed by atoms with Crippen LogP contribution in [0.2, 0.25) is 0 Å². The second kappa shape index (κ2) is 6.38. The van der Waals surface area contributed by atoms with Gasteiger partial charge in [0.05, 0.1) is 6.61 Å². The Bertz CT molecular complexity index is 733. The van der Waals surface area contributed by atoms with Gasteiger partial charge in [-0.3, -0.25) is 4.90 Å². The number of carbonyl (C=O) groups excluding carboxylic acids is 1. The zero-order valence-corrected chi connectivity index (χ0v) is 12.9. The van der Waals surface area contributed by atoms with E-state index in [1.165, 1.54) is 12.1 Å². The van der Waals surface area contributed by atoms with E-state index in [1.54, 1.807) is 11.0 Å². The second-order valence-corrected chi connectivity index (χ2v) is 5.79. The van der Waals surface area contributed by atoms with Crippen LogP contribution in [-0.4, -0.2) is 17.2 Å². The van der Waals surface area contributed by atoms with Crippen LogP contribution in [0.15, 0.2) is 42.5 Å². The van der Waals surface area contributed by atoms with Crippen molar-refractivity contribution in [2.45, 2.75) is 32.5 Å². The van der Waals surface area contributed by atoms with Crippen molar-refractivity contribution in [2.75, 3.05) is 4.90 Å². The number of nitrogens with zero attached hydrogens (tertiary/aromatic N) is 1. The van der Waals surface area contributed by atoms with Gasteiger partial charge in [-0.1, -0.05) is 30.3 Å². The zero-order chi connectivity index (χ0) is 16.4. The van der Waals surface area contributed by atoms with Crippen molar-refractivity contribution in [1.82, 2.24) is 5.32 Å². The molecule has 1 aliphatic heterocycles. The Kier molecular flexibility index (Phi) is 4.30. The number of urea groups is 1. The first-order valence-corrected chi connectivity index (χ1v) is 7.63. The van der Waals surface area contributed by atoms with Gasteiger partial charge < -0.3 is 10.4 Å². The molecule has 0 aromatic heterocycles. The average Bonchev–Trinajstić information content (AvgIpc) is 2.88. The summed E-state index contributed by atoms with van der Waals surface area (Å²) >= 11 is 0. The van der Waals surface area contributed by atoms with Gasteiger partial charge in [-0.15, -0.1) is 0 Å². The third kappa shape index (κ3) is 3.05. The van der Waals surface area contributed by atoms with Crippen molar-refractivity contribution >= 4 is 11.7 Å². The minimum absolute atomic E-state index is 0.0981. The van der Waals surface area contributed by atoms with E-state index in [1.807, 2.05) is 31.2 Å². The predicted octanol–water partition coefficient (Wildman–Crippen LogP) is 2.98. The molecule has 1 aliphatic rings. The summed E-state index contributed by atoms with van der Waals surface area (Å²) in [6, 6.07) is 12.3. The van der Waals surface area contributed by atoms with Gasteiger partial charge in [0, 0.05) is 23.8 Å².